The molecule has 8 heteroatoms. The summed E-state index contributed by atoms with van der Waals surface area (Å²) >= 11 is 0. The Bertz CT molecular complexity index is 1400. The maximum Gasteiger partial charge on any atom is 0.313 e. The fourth-order valence-electron chi connectivity index (χ4n) is 3.68. The molecule has 7 nitrogen and oxygen atoms in total. The molecule has 31 heavy (non-hydrogen) atoms. The van der Waals surface area contributed by atoms with Crippen molar-refractivity contribution in [1.29, 1.82) is 0 Å². The van der Waals surface area contributed by atoms with Gasteiger partial charge in [-0.15, -0.1) is 5.10 Å². The number of nitrogens with one attached hydrogen (secondary N) is 1. The van der Waals surface area contributed by atoms with Crippen LogP contribution in [0.5, 0.6) is 0 Å². The number of nitrogens with two attached hydrogens (primary N) is 1. The molecule has 0 unspecified atom stereocenters. The molecule has 0 radical (unpaired) electrons. The Morgan fingerprint density at radius 1 is 0.935 bits per heavy atom. The van der Waals surface area contributed by atoms with E-state index in [0.29, 0.717) is 22.7 Å². The van der Waals surface area contributed by atoms with E-state index >= 15 is 0 Å². The van der Waals surface area contributed by atoms with E-state index in [1.54, 1.807) is 10.5 Å². The third kappa shape index (κ3) is 3.28. The van der Waals surface area contributed by atoms with Gasteiger partial charge >= 0.3 is 6.01 Å². The van der Waals surface area contributed by atoms with Crippen LogP contribution in [0.4, 0.5) is 21.9 Å². The minimum Gasteiger partial charge on any atom is -0.404 e. The van der Waals surface area contributed by atoms with Crippen molar-refractivity contribution in [2.24, 2.45) is 0 Å². The van der Waals surface area contributed by atoms with E-state index in [9.17, 15) is 4.39 Å². The molecule has 0 atom stereocenters. The van der Waals surface area contributed by atoms with Crippen LogP contribution < -0.4 is 11.1 Å². The van der Waals surface area contributed by atoms with Gasteiger partial charge in [-0.3, -0.25) is 4.40 Å². The van der Waals surface area contributed by atoms with Crippen LogP contribution in [0.3, 0.4) is 0 Å². The number of anilines is 3. The van der Waals surface area contributed by atoms with Gasteiger partial charge in [0.2, 0.25) is 5.89 Å². The van der Waals surface area contributed by atoms with Crippen molar-refractivity contribution < 1.29 is 8.81 Å². The summed E-state index contributed by atoms with van der Waals surface area (Å²) in [7, 11) is 0. The summed E-state index contributed by atoms with van der Waals surface area (Å²) in [5.41, 5.74) is 11.4. The van der Waals surface area contributed by atoms with Crippen LogP contribution in [0.2, 0.25) is 0 Å². The summed E-state index contributed by atoms with van der Waals surface area (Å²) in [6.45, 7) is 4.04. The molecular weight excluding hydrogens is 395 g/mol. The van der Waals surface area contributed by atoms with Gasteiger partial charge in [-0.1, -0.05) is 41.5 Å². The van der Waals surface area contributed by atoms with Crippen molar-refractivity contribution in [1.82, 2.24) is 19.6 Å². The minimum atomic E-state index is -0.362. The van der Waals surface area contributed by atoms with Gasteiger partial charge < -0.3 is 15.5 Å². The Balaban J connectivity index is 1.77. The molecule has 0 spiro atoms. The third-order valence-electron chi connectivity index (χ3n) is 5.16. The number of rotatable bonds is 4. The minimum absolute atomic E-state index is 0.0178. The van der Waals surface area contributed by atoms with Gasteiger partial charge in [0.15, 0.2) is 0 Å². The number of nitrogens with zero attached hydrogens (tertiary/aromatic N) is 4. The lowest BCUT2D eigenvalue weighted by molar-refractivity contribution is 0.590. The molecular formula is C23H19FN6O. The number of imidazole rings is 1. The molecule has 3 N–H and O–H groups in total. The maximum atomic E-state index is 14.1. The lowest BCUT2D eigenvalue weighted by atomic mass is 10.0. The normalized spacial score (nSPS) is 11.2. The zero-order valence-electron chi connectivity index (χ0n) is 16.9. The molecule has 0 fully saturated rings. The molecule has 0 saturated heterocycles. The molecule has 3 aromatic heterocycles. The van der Waals surface area contributed by atoms with Crippen LogP contribution >= 0.6 is 0 Å². The highest BCUT2D eigenvalue weighted by Gasteiger charge is 2.21. The summed E-state index contributed by atoms with van der Waals surface area (Å²) in [4.78, 5) is 4.79. The largest absolute Gasteiger partial charge is 0.404 e. The third-order valence-corrected chi connectivity index (χ3v) is 5.16. The zero-order valence-corrected chi connectivity index (χ0v) is 16.9. The molecule has 0 aliphatic carbocycles. The molecule has 0 aliphatic rings. The highest BCUT2D eigenvalue weighted by molar-refractivity contribution is 5.88. The van der Waals surface area contributed by atoms with E-state index in [1.807, 2.05) is 56.3 Å². The lowest BCUT2D eigenvalue weighted by Crippen LogP contribution is -2.01. The predicted molar refractivity (Wildman–Crippen MR) is 117 cm³/mol. The van der Waals surface area contributed by atoms with Gasteiger partial charge in [-0.2, -0.15) is 0 Å². The van der Waals surface area contributed by atoms with Gasteiger partial charge in [-0.25, -0.2) is 9.37 Å². The first kappa shape index (κ1) is 18.8. The van der Waals surface area contributed by atoms with Gasteiger partial charge in [0.05, 0.1) is 0 Å². The van der Waals surface area contributed by atoms with Crippen LogP contribution in [0.1, 0.15) is 11.1 Å². The first-order chi connectivity index (χ1) is 15.0. The first-order valence-corrected chi connectivity index (χ1v) is 9.71. The molecule has 0 aliphatic heterocycles. The van der Waals surface area contributed by atoms with E-state index in [2.05, 4.69) is 15.5 Å². The maximum absolute atomic E-state index is 14.1. The molecule has 2 aromatic carbocycles. The van der Waals surface area contributed by atoms with Gasteiger partial charge in [0.1, 0.15) is 23.0 Å². The highest BCUT2D eigenvalue weighted by atomic mass is 19.1. The number of aryl methyl sites for hydroxylation is 2. The lowest BCUT2D eigenvalue weighted by Gasteiger charge is -2.14. The Morgan fingerprint density at radius 2 is 1.68 bits per heavy atom. The van der Waals surface area contributed by atoms with Crippen LogP contribution in [0.15, 0.2) is 65.2 Å². The Hall–Kier alpha value is -4.20. The SMILES string of the molecule is Cc1cccc(C)c1Nc1c(-c2ccccc2-c2nnc(N)o2)nc2ccc(F)cn12. The average Bonchev–Trinajstić information content (AvgIpc) is 3.34. The zero-order chi connectivity index (χ0) is 21.5. The quantitative estimate of drug-likeness (QED) is 0.423. The number of para-hydroxylation sites is 1. The number of pyridine rings is 1. The second kappa shape index (κ2) is 7.24. The van der Waals surface area contributed by atoms with Crippen LogP contribution in [0, 0.1) is 19.7 Å². The number of fused-ring (bicyclic) bond motifs is 1. The van der Waals surface area contributed by atoms with Crippen LogP contribution in [-0.2, 0) is 0 Å². The van der Waals surface area contributed by atoms with E-state index < -0.39 is 0 Å². The summed E-state index contributed by atoms with van der Waals surface area (Å²) in [6.07, 6.45) is 1.41. The Morgan fingerprint density at radius 3 is 2.39 bits per heavy atom. The standard InChI is InChI=1S/C23H19FN6O/c1-13-6-5-7-14(2)19(13)27-21-20(26-18-11-10-15(24)12-30(18)21)16-8-3-4-9-17(16)22-28-29-23(25)31-22/h3-12,27H,1-2H3,(H2,25,29). The van der Waals surface area contributed by atoms with Crippen molar-refractivity contribution in [3.8, 4) is 22.7 Å². The summed E-state index contributed by atoms with van der Waals surface area (Å²) in [5, 5.41) is 11.3. The fraction of sp³-hybridized carbons (Fsp3) is 0.0870. The van der Waals surface area contributed by atoms with Gasteiger partial charge in [0.25, 0.3) is 0 Å². The molecule has 5 aromatic rings. The number of halogens is 1. The molecule has 5 rings (SSSR count). The summed E-state index contributed by atoms with van der Waals surface area (Å²) < 4.78 is 21.3. The number of benzene rings is 2. The second-order valence-electron chi connectivity index (χ2n) is 7.27. The monoisotopic (exact) mass is 414 g/mol. The molecule has 154 valence electrons. The molecule has 0 bridgehead atoms. The Labute approximate surface area is 177 Å². The van der Waals surface area contributed by atoms with E-state index in [1.165, 1.54) is 12.3 Å². The number of aromatic nitrogens is 4. The van der Waals surface area contributed by atoms with Crippen LogP contribution in [0.25, 0.3) is 28.4 Å². The van der Waals surface area contributed by atoms with Crippen LogP contribution in [-0.4, -0.2) is 19.6 Å². The smallest absolute Gasteiger partial charge is 0.313 e. The second-order valence-corrected chi connectivity index (χ2v) is 7.27. The molecule has 3 heterocycles. The van der Waals surface area contributed by atoms with Crippen molar-refractivity contribution >= 4 is 23.2 Å². The van der Waals surface area contributed by atoms with Crippen molar-refractivity contribution in [2.45, 2.75) is 13.8 Å². The highest BCUT2D eigenvalue weighted by Crippen LogP contribution is 2.38. The number of hydrogen-bond donors (Lipinski definition) is 2. The molecule has 0 saturated carbocycles. The first-order valence-electron chi connectivity index (χ1n) is 9.71. The van der Waals surface area contributed by atoms with E-state index in [0.717, 1.165) is 22.4 Å². The number of nitrogen functional groups attached to an aromatic ring is 1. The summed E-state index contributed by atoms with van der Waals surface area (Å²) in [6, 6.07) is 16.6. The number of hydrogen-bond acceptors (Lipinski definition) is 6. The van der Waals surface area contributed by atoms with E-state index in [4.69, 9.17) is 15.1 Å². The van der Waals surface area contributed by atoms with Gasteiger partial charge in [0, 0.05) is 23.0 Å². The van der Waals surface area contributed by atoms with Gasteiger partial charge in [-0.05, 0) is 43.2 Å². The van der Waals surface area contributed by atoms with E-state index in [-0.39, 0.29) is 17.7 Å². The van der Waals surface area contributed by atoms with Crippen molar-refractivity contribution in [3.05, 3.63) is 77.7 Å². The van der Waals surface area contributed by atoms with Crippen molar-refractivity contribution in [3.63, 3.8) is 0 Å². The summed E-state index contributed by atoms with van der Waals surface area (Å²) in [5.74, 6) is 0.556. The molecule has 0 amide bonds. The fourth-order valence-corrected chi connectivity index (χ4v) is 3.68. The topological polar surface area (TPSA) is 94.3 Å². The Kier molecular flexibility index (Phi) is 4.39. The van der Waals surface area contributed by atoms with Crippen molar-refractivity contribution in [2.75, 3.05) is 11.1 Å². The average molecular weight is 414 g/mol. The predicted octanol–water partition coefficient (Wildman–Crippen LogP) is 5.13.